The molecular formula is C11H21N3O2. The summed E-state index contributed by atoms with van der Waals surface area (Å²) in [6.45, 7) is 2.24. The third-order valence-electron chi connectivity index (χ3n) is 2.94. The molecule has 1 rings (SSSR count). The van der Waals surface area contributed by atoms with E-state index in [1.807, 2.05) is 19.0 Å². The van der Waals surface area contributed by atoms with Crippen LogP contribution in [0.15, 0.2) is 0 Å². The van der Waals surface area contributed by atoms with Crippen molar-refractivity contribution in [3.63, 3.8) is 0 Å². The highest BCUT2D eigenvalue weighted by molar-refractivity contribution is 5.99. The fraction of sp³-hybridized carbons (Fsp3) is 0.818. The summed E-state index contributed by atoms with van der Waals surface area (Å²) in [6, 6.07) is 0. The summed E-state index contributed by atoms with van der Waals surface area (Å²) in [5.41, 5.74) is 5.25. The molecule has 1 aliphatic rings. The van der Waals surface area contributed by atoms with Crippen LogP contribution >= 0.6 is 0 Å². The van der Waals surface area contributed by atoms with Crippen LogP contribution in [0.2, 0.25) is 0 Å². The zero-order chi connectivity index (χ0) is 12.1. The van der Waals surface area contributed by atoms with Gasteiger partial charge >= 0.3 is 0 Å². The highest BCUT2D eigenvalue weighted by atomic mass is 16.2. The van der Waals surface area contributed by atoms with Gasteiger partial charge in [0.1, 0.15) is 5.92 Å². The molecule has 2 N–H and O–H groups in total. The maximum atomic E-state index is 12.0. The van der Waals surface area contributed by atoms with Gasteiger partial charge in [0, 0.05) is 19.6 Å². The molecule has 1 fully saturated rings. The Morgan fingerprint density at radius 2 is 2.19 bits per heavy atom. The number of likely N-dealkylation sites (N-methyl/N-ethyl adjacent to an activating group) is 1. The number of hydrogen-bond acceptors (Lipinski definition) is 3. The molecule has 16 heavy (non-hydrogen) atoms. The van der Waals surface area contributed by atoms with Gasteiger partial charge < -0.3 is 15.5 Å². The maximum Gasteiger partial charge on any atom is 0.235 e. The van der Waals surface area contributed by atoms with Gasteiger partial charge in [0.25, 0.3) is 0 Å². The van der Waals surface area contributed by atoms with E-state index in [1.165, 1.54) is 0 Å². The van der Waals surface area contributed by atoms with Crippen molar-refractivity contribution in [1.82, 2.24) is 9.80 Å². The summed E-state index contributed by atoms with van der Waals surface area (Å²) in [7, 11) is 3.93. The van der Waals surface area contributed by atoms with Crippen molar-refractivity contribution in [2.24, 2.45) is 11.7 Å². The standard InChI is InChI=1S/C11H21N3O2/c1-13(2)7-8-14-6-4-3-5-9(10(12)15)11(14)16/h9H,3-8H2,1-2H3,(H2,12,15). The van der Waals surface area contributed by atoms with E-state index in [9.17, 15) is 9.59 Å². The minimum absolute atomic E-state index is 0.0909. The lowest BCUT2D eigenvalue weighted by Crippen LogP contribution is -2.43. The molecule has 1 heterocycles. The maximum absolute atomic E-state index is 12.0. The minimum Gasteiger partial charge on any atom is -0.369 e. The number of nitrogens with two attached hydrogens (primary N) is 1. The zero-order valence-electron chi connectivity index (χ0n) is 10.1. The molecule has 0 radical (unpaired) electrons. The molecule has 92 valence electrons. The van der Waals surface area contributed by atoms with Crippen LogP contribution in [-0.2, 0) is 9.59 Å². The molecule has 1 atom stereocenters. The van der Waals surface area contributed by atoms with E-state index in [1.54, 1.807) is 4.90 Å². The van der Waals surface area contributed by atoms with E-state index >= 15 is 0 Å². The van der Waals surface area contributed by atoms with Crippen LogP contribution in [-0.4, -0.2) is 55.3 Å². The Morgan fingerprint density at radius 1 is 1.50 bits per heavy atom. The molecule has 0 spiro atoms. The van der Waals surface area contributed by atoms with Crippen LogP contribution in [0.5, 0.6) is 0 Å². The van der Waals surface area contributed by atoms with E-state index in [-0.39, 0.29) is 5.91 Å². The van der Waals surface area contributed by atoms with Crippen LogP contribution in [0.1, 0.15) is 19.3 Å². The number of amides is 2. The third-order valence-corrected chi connectivity index (χ3v) is 2.94. The summed E-state index contributed by atoms with van der Waals surface area (Å²) < 4.78 is 0. The second-order valence-corrected chi connectivity index (χ2v) is 4.58. The predicted octanol–water partition coefficient (Wildman–Crippen LogP) is -0.338. The quantitative estimate of drug-likeness (QED) is 0.668. The van der Waals surface area contributed by atoms with E-state index in [0.717, 1.165) is 25.9 Å². The summed E-state index contributed by atoms with van der Waals surface area (Å²) in [6.07, 6.45) is 2.47. The average Bonchev–Trinajstić information content (AvgIpc) is 2.37. The Hall–Kier alpha value is -1.10. The van der Waals surface area contributed by atoms with Crippen molar-refractivity contribution in [3.8, 4) is 0 Å². The van der Waals surface area contributed by atoms with E-state index < -0.39 is 11.8 Å². The smallest absolute Gasteiger partial charge is 0.235 e. The number of nitrogens with zero attached hydrogens (tertiary/aromatic N) is 2. The monoisotopic (exact) mass is 227 g/mol. The van der Waals surface area contributed by atoms with E-state index in [0.29, 0.717) is 13.0 Å². The largest absolute Gasteiger partial charge is 0.369 e. The van der Waals surface area contributed by atoms with Gasteiger partial charge in [0.05, 0.1) is 0 Å². The van der Waals surface area contributed by atoms with Gasteiger partial charge in [-0.3, -0.25) is 9.59 Å². The first kappa shape index (κ1) is 13.0. The molecule has 0 bridgehead atoms. The van der Waals surface area contributed by atoms with Crippen molar-refractivity contribution in [2.75, 3.05) is 33.7 Å². The second kappa shape index (κ2) is 5.84. The van der Waals surface area contributed by atoms with Crippen molar-refractivity contribution < 1.29 is 9.59 Å². The molecule has 0 aromatic carbocycles. The lowest BCUT2D eigenvalue weighted by Gasteiger charge is -2.24. The summed E-state index contributed by atoms with van der Waals surface area (Å²) in [5, 5.41) is 0. The van der Waals surface area contributed by atoms with Crippen LogP contribution in [0.4, 0.5) is 0 Å². The summed E-state index contributed by atoms with van der Waals surface area (Å²) in [5.74, 6) is -1.18. The third kappa shape index (κ3) is 3.48. The normalized spacial score (nSPS) is 22.3. The topological polar surface area (TPSA) is 66.6 Å². The highest BCUT2D eigenvalue weighted by Crippen LogP contribution is 2.17. The zero-order valence-corrected chi connectivity index (χ0v) is 10.1. The second-order valence-electron chi connectivity index (χ2n) is 4.58. The van der Waals surface area contributed by atoms with Crippen LogP contribution < -0.4 is 5.73 Å². The van der Waals surface area contributed by atoms with Gasteiger partial charge in [-0.1, -0.05) is 6.42 Å². The molecule has 5 nitrogen and oxygen atoms in total. The number of primary amides is 1. The minimum atomic E-state index is -0.607. The SMILES string of the molecule is CN(C)CCN1CCCCC(C(N)=O)C1=O. The predicted molar refractivity (Wildman–Crippen MR) is 61.7 cm³/mol. The molecule has 1 aliphatic heterocycles. The molecular weight excluding hydrogens is 206 g/mol. The first-order chi connectivity index (χ1) is 7.52. The molecule has 0 aliphatic carbocycles. The van der Waals surface area contributed by atoms with Gasteiger partial charge in [-0.15, -0.1) is 0 Å². The van der Waals surface area contributed by atoms with Gasteiger partial charge in [0.2, 0.25) is 11.8 Å². The Kier molecular flexibility index (Phi) is 4.73. The van der Waals surface area contributed by atoms with Crippen LogP contribution in [0, 0.1) is 5.92 Å². The van der Waals surface area contributed by atoms with Gasteiger partial charge in [-0.25, -0.2) is 0 Å². The molecule has 5 heteroatoms. The number of carbonyl (C=O) groups excluding carboxylic acids is 2. The summed E-state index contributed by atoms with van der Waals surface area (Å²) in [4.78, 5) is 27.0. The number of carbonyl (C=O) groups is 2. The lowest BCUT2D eigenvalue weighted by atomic mass is 10.0. The summed E-state index contributed by atoms with van der Waals surface area (Å²) >= 11 is 0. The van der Waals surface area contributed by atoms with Crippen molar-refractivity contribution >= 4 is 11.8 Å². The Balaban J connectivity index is 2.61. The Labute approximate surface area is 96.6 Å². The first-order valence-corrected chi connectivity index (χ1v) is 5.75. The number of hydrogen-bond donors (Lipinski definition) is 1. The van der Waals surface area contributed by atoms with E-state index in [4.69, 9.17) is 5.73 Å². The fourth-order valence-electron chi connectivity index (χ4n) is 1.91. The molecule has 2 amide bonds. The molecule has 1 saturated heterocycles. The molecule has 0 aromatic rings. The van der Waals surface area contributed by atoms with Crippen molar-refractivity contribution in [1.29, 1.82) is 0 Å². The Bertz CT molecular complexity index is 266. The first-order valence-electron chi connectivity index (χ1n) is 5.75. The van der Waals surface area contributed by atoms with Crippen molar-refractivity contribution in [2.45, 2.75) is 19.3 Å². The molecule has 0 saturated carbocycles. The molecule has 1 unspecified atom stereocenters. The van der Waals surface area contributed by atoms with Crippen LogP contribution in [0.3, 0.4) is 0 Å². The van der Waals surface area contributed by atoms with Gasteiger partial charge in [-0.2, -0.15) is 0 Å². The highest BCUT2D eigenvalue weighted by Gasteiger charge is 2.30. The number of likely N-dealkylation sites (tertiary alicyclic amines) is 1. The number of rotatable bonds is 4. The Morgan fingerprint density at radius 3 is 2.75 bits per heavy atom. The van der Waals surface area contributed by atoms with Crippen LogP contribution in [0.25, 0.3) is 0 Å². The van der Waals surface area contributed by atoms with Crippen molar-refractivity contribution in [3.05, 3.63) is 0 Å². The van der Waals surface area contributed by atoms with Gasteiger partial charge in [-0.05, 0) is 26.9 Å². The van der Waals surface area contributed by atoms with Gasteiger partial charge in [0.15, 0.2) is 0 Å². The fourth-order valence-corrected chi connectivity index (χ4v) is 1.91. The molecule has 0 aromatic heterocycles. The van der Waals surface area contributed by atoms with E-state index in [2.05, 4.69) is 0 Å². The average molecular weight is 227 g/mol. The lowest BCUT2D eigenvalue weighted by molar-refractivity contribution is -0.140.